The Morgan fingerprint density at radius 1 is 1.09 bits per heavy atom. The Hall–Kier alpha value is -2.18. The molecule has 0 saturated heterocycles. The van der Waals surface area contributed by atoms with E-state index in [9.17, 15) is 19.7 Å². The van der Waals surface area contributed by atoms with Crippen LogP contribution < -0.4 is 0 Å². The molecule has 0 unspecified atom stereocenters. The van der Waals surface area contributed by atoms with Gasteiger partial charge in [0.15, 0.2) is 0 Å². The summed E-state index contributed by atoms with van der Waals surface area (Å²) in [5.41, 5.74) is -0.579. The average Bonchev–Trinajstić information content (AvgIpc) is 3.08. The fourth-order valence-corrected chi connectivity index (χ4v) is 8.73. The molecule has 32 heavy (non-hydrogen) atoms. The summed E-state index contributed by atoms with van der Waals surface area (Å²) in [7, 11) is 0. The molecular formula is C25H33NO6. The molecule has 0 aromatic rings. The fourth-order valence-electron chi connectivity index (χ4n) is 8.73. The summed E-state index contributed by atoms with van der Waals surface area (Å²) in [6, 6.07) is -0.905. The van der Waals surface area contributed by atoms with Crippen LogP contribution in [0.15, 0.2) is 23.8 Å². The molecule has 0 spiro atoms. The normalized spacial score (nSPS) is 48.2. The molecule has 0 amide bonds. The lowest BCUT2D eigenvalue weighted by Gasteiger charge is -2.61. The maximum Gasteiger partial charge on any atom is 0.303 e. The zero-order valence-electron chi connectivity index (χ0n) is 19.4. The molecule has 7 nitrogen and oxygen atoms in total. The highest BCUT2D eigenvalue weighted by Gasteiger charge is 2.81. The van der Waals surface area contributed by atoms with Crippen molar-refractivity contribution < 1.29 is 24.0 Å². The van der Waals surface area contributed by atoms with Crippen LogP contribution in [-0.4, -0.2) is 34.6 Å². The van der Waals surface area contributed by atoms with Gasteiger partial charge in [-0.15, -0.1) is 0 Å². The standard InChI is InChI=1S/C25H33NO6/c1-15(27)31-18-7-9-22(3)17(13-18)5-6-20-19(22)8-10-23(4)24(20)11-12-25(23,32-16(2)28)21(14-24)26(29)30/h5,11-12,18-21H,6-10,13-14H2,1-4H3/t18-,19-,20+,21+,22-,23-,24-,25-/m0/s1. The molecule has 0 aromatic carbocycles. The molecule has 0 aliphatic heterocycles. The number of fused-ring (bicyclic) bond motifs is 3. The summed E-state index contributed by atoms with van der Waals surface area (Å²) in [6.45, 7) is 7.28. The van der Waals surface area contributed by atoms with Gasteiger partial charge in [0, 0.05) is 42.4 Å². The van der Waals surface area contributed by atoms with Gasteiger partial charge in [-0.2, -0.15) is 0 Å². The first-order valence-electron chi connectivity index (χ1n) is 11.9. The highest BCUT2D eigenvalue weighted by Crippen LogP contribution is 2.77. The molecule has 0 aromatic heterocycles. The van der Waals surface area contributed by atoms with Gasteiger partial charge in [-0.1, -0.05) is 31.6 Å². The molecule has 2 bridgehead atoms. The third kappa shape index (κ3) is 2.48. The number of hydrogen-bond acceptors (Lipinski definition) is 6. The van der Waals surface area contributed by atoms with Crippen molar-refractivity contribution in [1.29, 1.82) is 0 Å². The maximum atomic E-state index is 12.2. The van der Waals surface area contributed by atoms with Crippen molar-refractivity contribution in [1.82, 2.24) is 0 Å². The maximum absolute atomic E-state index is 12.2. The summed E-state index contributed by atoms with van der Waals surface area (Å²) in [4.78, 5) is 35.5. The van der Waals surface area contributed by atoms with E-state index in [-0.39, 0.29) is 33.7 Å². The predicted octanol–water partition coefficient (Wildman–Crippen LogP) is 4.38. The van der Waals surface area contributed by atoms with Crippen molar-refractivity contribution in [2.75, 3.05) is 0 Å². The van der Waals surface area contributed by atoms with E-state index in [1.807, 2.05) is 6.08 Å². The van der Waals surface area contributed by atoms with E-state index in [4.69, 9.17) is 9.47 Å². The largest absolute Gasteiger partial charge is 0.462 e. The van der Waals surface area contributed by atoms with E-state index in [2.05, 4.69) is 26.0 Å². The van der Waals surface area contributed by atoms with E-state index in [1.54, 1.807) is 0 Å². The van der Waals surface area contributed by atoms with E-state index < -0.39 is 23.0 Å². The van der Waals surface area contributed by atoms with Crippen molar-refractivity contribution in [3.8, 4) is 0 Å². The molecular weight excluding hydrogens is 410 g/mol. The molecule has 5 aliphatic rings. The first-order chi connectivity index (χ1) is 15.0. The molecule has 0 radical (unpaired) electrons. The quantitative estimate of drug-likeness (QED) is 0.278. The molecule has 0 heterocycles. The molecule has 5 aliphatic carbocycles. The van der Waals surface area contributed by atoms with Gasteiger partial charge in [0.25, 0.3) is 6.04 Å². The van der Waals surface area contributed by atoms with Gasteiger partial charge < -0.3 is 9.47 Å². The lowest BCUT2D eigenvalue weighted by molar-refractivity contribution is -0.540. The van der Waals surface area contributed by atoms with Crippen LogP contribution >= 0.6 is 0 Å². The highest BCUT2D eigenvalue weighted by atomic mass is 16.6. The van der Waals surface area contributed by atoms with Crippen molar-refractivity contribution in [2.24, 2.45) is 28.1 Å². The van der Waals surface area contributed by atoms with Gasteiger partial charge in [-0.3, -0.25) is 19.7 Å². The Morgan fingerprint density at radius 2 is 1.84 bits per heavy atom. The van der Waals surface area contributed by atoms with Crippen LogP contribution in [0.25, 0.3) is 0 Å². The number of allylic oxidation sites excluding steroid dienone is 2. The number of nitrogens with zero attached hydrogens (tertiary/aromatic N) is 1. The van der Waals surface area contributed by atoms with Crippen LogP contribution in [0.2, 0.25) is 0 Å². The minimum Gasteiger partial charge on any atom is -0.462 e. The minimum absolute atomic E-state index is 0.0167. The van der Waals surface area contributed by atoms with Gasteiger partial charge >= 0.3 is 11.9 Å². The first kappa shape index (κ1) is 21.7. The van der Waals surface area contributed by atoms with Crippen LogP contribution in [0.1, 0.15) is 72.6 Å². The summed E-state index contributed by atoms with van der Waals surface area (Å²) in [5.74, 6) is 0.00932. The second-order valence-corrected chi connectivity index (χ2v) is 11.2. The lowest BCUT2D eigenvalue weighted by atomic mass is 9.43. The van der Waals surface area contributed by atoms with Crippen LogP contribution in [0.4, 0.5) is 0 Å². The van der Waals surface area contributed by atoms with Gasteiger partial charge in [0.05, 0.1) is 0 Å². The summed E-state index contributed by atoms with van der Waals surface area (Å²) in [5, 5.41) is 12.2. The Morgan fingerprint density at radius 3 is 2.50 bits per heavy atom. The van der Waals surface area contributed by atoms with Crippen LogP contribution in [0.5, 0.6) is 0 Å². The van der Waals surface area contributed by atoms with Gasteiger partial charge in [0.1, 0.15) is 6.10 Å². The van der Waals surface area contributed by atoms with Crippen molar-refractivity contribution in [2.45, 2.75) is 90.4 Å². The van der Waals surface area contributed by atoms with Crippen molar-refractivity contribution >= 4 is 11.9 Å². The van der Waals surface area contributed by atoms with E-state index in [0.717, 1.165) is 38.5 Å². The topological polar surface area (TPSA) is 95.7 Å². The van der Waals surface area contributed by atoms with Crippen LogP contribution in [0, 0.1) is 38.2 Å². The summed E-state index contributed by atoms with van der Waals surface area (Å²) in [6.07, 6.45) is 12.0. The Balaban J connectivity index is 1.53. The second kappa shape index (κ2) is 6.67. The third-order valence-corrected chi connectivity index (χ3v) is 10.1. The molecule has 3 saturated carbocycles. The fraction of sp³-hybridized carbons (Fsp3) is 0.760. The third-order valence-electron chi connectivity index (χ3n) is 10.1. The van der Waals surface area contributed by atoms with Gasteiger partial charge in [-0.25, -0.2) is 0 Å². The number of carbonyl (C=O) groups is 2. The second-order valence-electron chi connectivity index (χ2n) is 11.2. The molecule has 5 rings (SSSR count). The zero-order chi connectivity index (χ0) is 23.1. The Bertz CT molecular complexity index is 956. The lowest BCUT2D eigenvalue weighted by Crippen LogP contribution is -2.58. The number of ether oxygens (including phenoxy) is 2. The van der Waals surface area contributed by atoms with Crippen LogP contribution in [-0.2, 0) is 19.1 Å². The minimum atomic E-state index is -1.16. The van der Waals surface area contributed by atoms with E-state index in [1.165, 1.54) is 19.4 Å². The predicted molar refractivity (Wildman–Crippen MR) is 116 cm³/mol. The van der Waals surface area contributed by atoms with Crippen molar-refractivity contribution in [3.05, 3.63) is 33.9 Å². The van der Waals surface area contributed by atoms with Crippen LogP contribution in [0.3, 0.4) is 0 Å². The Labute approximate surface area is 188 Å². The number of hydrogen-bond donors (Lipinski definition) is 0. The number of carbonyl (C=O) groups excluding carboxylic acids is 2. The first-order valence-corrected chi connectivity index (χ1v) is 11.9. The number of esters is 2. The zero-order valence-corrected chi connectivity index (χ0v) is 19.4. The molecule has 174 valence electrons. The highest BCUT2D eigenvalue weighted by molar-refractivity contribution is 5.68. The van der Waals surface area contributed by atoms with Gasteiger partial charge in [-0.05, 0) is 55.4 Å². The summed E-state index contributed by atoms with van der Waals surface area (Å²) < 4.78 is 11.4. The molecule has 7 heteroatoms. The van der Waals surface area contributed by atoms with Crippen molar-refractivity contribution in [3.63, 3.8) is 0 Å². The molecule has 3 fully saturated rings. The Kier molecular flexibility index (Phi) is 4.51. The smallest absolute Gasteiger partial charge is 0.303 e. The average molecular weight is 444 g/mol. The van der Waals surface area contributed by atoms with E-state index in [0.29, 0.717) is 12.3 Å². The number of nitro groups is 1. The molecule has 8 atom stereocenters. The number of rotatable bonds is 3. The monoisotopic (exact) mass is 443 g/mol. The van der Waals surface area contributed by atoms with Gasteiger partial charge in [0.2, 0.25) is 5.60 Å². The summed E-state index contributed by atoms with van der Waals surface area (Å²) >= 11 is 0. The van der Waals surface area contributed by atoms with E-state index >= 15 is 0 Å². The molecule has 0 N–H and O–H groups in total. The SMILES string of the molecule is CC(=O)O[C@H]1CC[C@@]2(C)C(=CC[C@@H]3[C@@H]2CC[C@@]2(C)[C@]34C=C[C@]2(OC(C)=O)[C@H]([N+](=O)[O-])C4)C1.